The van der Waals surface area contributed by atoms with E-state index in [1.165, 1.54) is 13.0 Å². The minimum atomic E-state index is -4.60. The predicted molar refractivity (Wildman–Crippen MR) is 125 cm³/mol. The summed E-state index contributed by atoms with van der Waals surface area (Å²) in [5.74, 6) is -1.41. The number of alkyl carbamates (subject to hydrolysis) is 1. The number of nitrogens with zero attached hydrogens (tertiary/aromatic N) is 1. The molecular weight excluding hydrogens is 525 g/mol. The first kappa shape index (κ1) is 29.5. The molecule has 0 fully saturated rings. The summed E-state index contributed by atoms with van der Waals surface area (Å²) >= 11 is 5.89. The third kappa shape index (κ3) is 8.70. The van der Waals surface area contributed by atoms with E-state index >= 15 is 0 Å². The number of alkyl halides is 3. The van der Waals surface area contributed by atoms with Crippen LogP contribution in [-0.2, 0) is 20.4 Å². The number of carbonyl (C=O) groups is 2. The molecule has 0 bridgehead atoms. The highest BCUT2D eigenvalue weighted by molar-refractivity contribution is 6.32. The van der Waals surface area contributed by atoms with Crippen molar-refractivity contribution in [1.29, 1.82) is 0 Å². The average molecular weight is 549 g/mol. The fourth-order valence-electron chi connectivity index (χ4n) is 2.83. The largest absolute Gasteiger partial charge is 0.472 e. The lowest BCUT2D eigenvalue weighted by Gasteiger charge is -2.19. The molecule has 0 spiro atoms. The van der Waals surface area contributed by atoms with Crippen LogP contribution in [0.1, 0.15) is 32.8 Å². The van der Waals surface area contributed by atoms with Gasteiger partial charge >= 0.3 is 23.9 Å². The molecule has 37 heavy (non-hydrogen) atoms. The van der Waals surface area contributed by atoms with E-state index < -0.39 is 46.6 Å². The van der Waals surface area contributed by atoms with Crippen LogP contribution in [0.2, 0.25) is 5.02 Å². The smallest absolute Gasteiger partial charge is 0.416 e. The van der Waals surface area contributed by atoms with Crippen LogP contribution in [0.25, 0.3) is 0 Å². The molecule has 0 radical (unpaired) electrons. The van der Waals surface area contributed by atoms with Crippen LogP contribution in [0.5, 0.6) is 17.2 Å². The first-order valence-electron chi connectivity index (χ1n) is 10.9. The van der Waals surface area contributed by atoms with Gasteiger partial charge in [0.1, 0.15) is 18.1 Å². The Balaban J connectivity index is 2.13. The SMILES string of the molecule is CCOC(=O)NC(CC)COC(=O)C(C)Oc1cc(Oc2ccc(C(F)(F)F)cc2Cl)ccc1[N+](=O)[O-]. The zero-order chi connectivity index (χ0) is 27.8. The molecule has 2 rings (SSSR count). The highest BCUT2D eigenvalue weighted by Crippen LogP contribution is 2.38. The van der Waals surface area contributed by atoms with E-state index in [2.05, 4.69) is 5.32 Å². The Morgan fingerprint density at radius 1 is 1.11 bits per heavy atom. The van der Waals surface area contributed by atoms with Gasteiger partial charge in [0.25, 0.3) is 0 Å². The maximum Gasteiger partial charge on any atom is 0.416 e. The zero-order valence-electron chi connectivity index (χ0n) is 20.0. The van der Waals surface area contributed by atoms with Gasteiger partial charge < -0.3 is 24.3 Å². The molecule has 2 atom stereocenters. The molecule has 0 aliphatic carbocycles. The molecular formula is C23H24ClF3N2O8. The van der Waals surface area contributed by atoms with E-state index in [1.807, 2.05) is 0 Å². The van der Waals surface area contributed by atoms with Crippen molar-refractivity contribution < 1.29 is 46.6 Å². The van der Waals surface area contributed by atoms with Crippen LogP contribution in [0.3, 0.4) is 0 Å². The number of hydrogen-bond donors (Lipinski definition) is 1. The summed E-state index contributed by atoms with van der Waals surface area (Å²) < 4.78 is 59.4. The van der Waals surface area contributed by atoms with Crippen molar-refractivity contribution in [2.45, 2.75) is 45.5 Å². The average Bonchev–Trinajstić information content (AvgIpc) is 2.82. The Labute approximate surface area is 214 Å². The molecule has 2 unspecified atom stereocenters. The molecule has 10 nitrogen and oxygen atoms in total. The van der Waals surface area contributed by atoms with Crippen LogP contribution < -0.4 is 14.8 Å². The van der Waals surface area contributed by atoms with Crippen LogP contribution in [0, 0.1) is 10.1 Å². The maximum absolute atomic E-state index is 12.9. The number of hydrogen-bond acceptors (Lipinski definition) is 8. The van der Waals surface area contributed by atoms with Crippen molar-refractivity contribution in [1.82, 2.24) is 5.32 Å². The van der Waals surface area contributed by atoms with Gasteiger partial charge in [-0.05, 0) is 44.5 Å². The number of nitro benzene ring substituents is 1. The Bertz CT molecular complexity index is 1130. The highest BCUT2D eigenvalue weighted by atomic mass is 35.5. The molecule has 0 aliphatic rings. The zero-order valence-corrected chi connectivity index (χ0v) is 20.7. The summed E-state index contributed by atoms with van der Waals surface area (Å²) in [7, 11) is 0. The van der Waals surface area contributed by atoms with Gasteiger partial charge in [0, 0.05) is 12.1 Å². The molecule has 202 valence electrons. The first-order valence-corrected chi connectivity index (χ1v) is 11.3. The van der Waals surface area contributed by atoms with Crippen molar-refractivity contribution in [3.05, 3.63) is 57.1 Å². The van der Waals surface area contributed by atoms with Gasteiger partial charge in [-0.15, -0.1) is 0 Å². The lowest BCUT2D eigenvalue weighted by molar-refractivity contribution is -0.386. The van der Waals surface area contributed by atoms with E-state index in [4.69, 9.17) is 30.5 Å². The molecule has 0 heterocycles. The standard InChI is InChI=1S/C23H24ClF3N2O8/c1-4-15(28-22(31)34-5-2)12-35-21(30)13(3)36-20-11-16(7-8-18(20)29(32)33)37-19-9-6-14(10-17(19)24)23(25,26)27/h6-11,13,15H,4-5,12H2,1-3H3,(H,28,31). The summed E-state index contributed by atoms with van der Waals surface area (Å²) in [4.78, 5) is 34.6. The maximum atomic E-state index is 12.9. The quantitative estimate of drug-likeness (QED) is 0.209. The lowest BCUT2D eigenvalue weighted by atomic mass is 10.2. The normalized spacial score (nSPS) is 12.7. The molecule has 2 aromatic rings. The van der Waals surface area contributed by atoms with Gasteiger partial charge in [0.05, 0.1) is 28.2 Å². The molecule has 0 aromatic heterocycles. The number of esters is 1. The minimum absolute atomic E-state index is 0.0486. The summed E-state index contributed by atoms with van der Waals surface area (Å²) in [5.41, 5.74) is -1.48. The highest BCUT2D eigenvalue weighted by Gasteiger charge is 2.31. The molecule has 2 aromatic carbocycles. The van der Waals surface area contributed by atoms with Crippen LogP contribution >= 0.6 is 11.6 Å². The van der Waals surface area contributed by atoms with Crippen LogP contribution in [0.4, 0.5) is 23.7 Å². The molecule has 1 amide bonds. The fourth-order valence-corrected chi connectivity index (χ4v) is 3.05. The van der Waals surface area contributed by atoms with E-state index in [1.54, 1.807) is 13.8 Å². The summed E-state index contributed by atoms with van der Waals surface area (Å²) in [5, 5.41) is 13.6. The van der Waals surface area contributed by atoms with Gasteiger partial charge in [-0.1, -0.05) is 18.5 Å². The number of benzene rings is 2. The van der Waals surface area contributed by atoms with E-state index in [0.717, 1.165) is 24.3 Å². The number of amides is 1. The number of rotatable bonds is 11. The van der Waals surface area contributed by atoms with E-state index in [9.17, 15) is 32.9 Å². The van der Waals surface area contributed by atoms with Crippen molar-refractivity contribution in [3.8, 4) is 17.2 Å². The molecule has 0 aliphatic heterocycles. The summed E-state index contributed by atoms with van der Waals surface area (Å²) in [6.07, 6.45) is -6.15. The van der Waals surface area contributed by atoms with E-state index in [0.29, 0.717) is 12.5 Å². The topological polar surface area (TPSA) is 126 Å². The van der Waals surface area contributed by atoms with Gasteiger partial charge in [0.2, 0.25) is 5.75 Å². The number of carbonyl (C=O) groups excluding carboxylic acids is 2. The fraction of sp³-hybridized carbons (Fsp3) is 0.391. The Hall–Kier alpha value is -3.74. The van der Waals surface area contributed by atoms with Gasteiger partial charge in [-0.3, -0.25) is 10.1 Å². The van der Waals surface area contributed by atoms with Gasteiger partial charge in [-0.25, -0.2) is 9.59 Å². The van der Waals surface area contributed by atoms with Crippen molar-refractivity contribution in [3.63, 3.8) is 0 Å². The van der Waals surface area contributed by atoms with Crippen molar-refractivity contribution >= 4 is 29.4 Å². The summed E-state index contributed by atoms with van der Waals surface area (Å²) in [6.45, 7) is 4.66. The molecule has 0 saturated heterocycles. The monoisotopic (exact) mass is 548 g/mol. The second-order valence-electron chi connectivity index (χ2n) is 7.49. The van der Waals surface area contributed by atoms with Gasteiger partial charge in [-0.2, -0.15) is 13.2 Å². The molecule has 14 heteroatoms. The number of ether oxygens (including phenoxy) is 4. The number of nitrogens with one attached hydrogen (secondary N) is 1. The minimum Gasteiger partial charge on any atom is -0.472 e. The second kappa shape index (κ2) is 13.0. The predicted octanol–water partition coefficient (Wildman–Crippen LogP) is 5.89. The Morgan fingerprint density at radius 2 is 1.81 bits per heavy atom. The summed E-state index contributed by atoms with van der Waals surface area (Å²) in [6, 6.07) is 5.23. The second-order valence-corrected chi connectivity index (χ2v) is 7.90. The van der Waals surface area contributed by atoms with Crippen LogP contribution in [0.15, 0.2) is 36.4 Å². The first-order chi connectivity index (χ1) is 17.3. The molecule has 0 saturated carbocycles. The van der Waals surface area contributed by atoms with Crippen molar-refractivity contribution in [2.24, 2.45) is 0 Å². The van der Waals surface area contributed by atoms with Gasteiger partial charge in [0.15, 0.2) is 6.10 Å². The van der Waals surface area contributed by atoms with Crippen molar-refractivity contribution in [2.75, 3.05) is 13.2 Å². The third-order valence-electron chi connectivity index (χ3n) is 4.77. The molecule has 1 N–H and O–H groups in total. The third-order valence-corrected chi connectivity index (χ3v) is 5.06. The number of halogens is 4. The van der Waals surface area contributed by atoms with Crippen LogP contribution in [-0.4, -0.2) is 42.3 Å². The number of nitro groups is 1. The Morgan fingerprint density at radius 3 is 2.38 bits per heavy atom. The van der Waals surface area contributed by atoms with E-state index in [-0.39, 0.29) is 35.5 Å². The Kier molecular flexibility index (Phi) is 10.4. The lowest BCUT2D eigenvalue weighted by Crippen LogP contribution is -2.40.